The number of carbonyl (C=O) groups is 4. The van der Waals surface area contributed by atoms with Crippen LogP contribution in [0.15, 0.2) is 0 Å². The van der Waals surface area contributed by atoms with E-state index in [2.05, 4.69) is 0 Å². The molecule has 0 aliphatic heterocycles. The third kappa shape index (κ3) is 40.0. The molecular formula is C22H44O8Zr. The van der Waals surface area contributed by atoms with Crippen LogP contribution in [0.1, 0.15) is 93.9 Å². The van der Waals surface area contributed by atoms with E-state index in [4.69, 9.17) is 20.4 Å². The van der Waals surface area contributed by atoms with Gasteiger partial charge in [0.15, 0.2) is 0 Å². The summed E-state index contributed by atoms with van der Waals surface area (Å²) in [6, 6.07) is 0. The SMILES string of the molecule is CC(C)O.CC(C)O.CCC(CC)C(=O)CC(=O)O.CCC(CC)C(=O)CC(=O)O.[Zr]. The molecule has 0 spiro atoms. The minimum Gasteiger partial charge on any atom is -0.481 e. The normalized spacial score (nSPS) is 9.48. The van der Waals surface area contributed by atoms with Gasteiger partial charge in [-0.15, -0.1) is 0 Å². The molecular weight excluding hydrogens is 483 g/mol. The van der Waals surface area contributed by atoms with Gasteiger partial charge in [0.1, 0.15) is 24.4 Å². The number of hydrogen-bond donors (Lipinski definition) is 4. The van der Waals surface area contributed by atoms with Crippen molar-refractivity contribution in [1.29, 1.82) is 0 Å². The third-order valence-electron chi connectivity index (χ3n) is 3.53. The molecule has 4 N–H and O–H groups in total. The summed E-state index contributed by atoms with van der Waals surface area (Å²) in [6.07, 6.45) is 1.97. The van der Waals surface area contributed by atoms with Crippen LogP contribution in [0, 0.1) is 11.8 Å². The van der Waals surface area contributed by atoms with E-state index in [9.17, 15) is 19.2 Å². The van der Waals surface area contributed by atoms with Crippen molar-refractivity contribution in [2.24, 2.45) is 11.8 Å². The summed E-state index contributed by atoms with van der Waals surface area (Å²) in [5.41, 5.74) is 0. The van der Waals surface area contributed by atoms with Gasteiger partial charge in [-0.1, -0.05) is 27.7 Å². The number of aliphatic hydroxyl groups is 2. The molecule has 0 aliphatic carbocycles. The number of aliphatic hydroxyl groups excluding tert-OH is 2. The van der Waals surface area contributed by atoms with Crippen molar-refractivity contribution in [3.63, 3.8) is 0 Å². The summed E-state index contributed by atoms with van der Waals surface area (Å²) < 4.78 is 0. The molecule has 0 saturated carbocycles. The average Bonchev–Trinajstić information content (AvgIpc) is 2.55. The summed E-state index contributed by atoms with van der Waals surface area (Å²) in [7, 11) is 0. The van der Waals surface area contributed by atoms with Gasteiger partial charge in [-0.25, -0.2) is 0 Å². The Balaban J connectivity index is -0.000000106. The Bertz CT molecular complexity index is 409. The maximum Gasteiger partial charge on any atom is 0.310 e. The molecule has 0 aromatic carbocycles. The Morgan fingerprint density at radius 2 is 0.742 bits per heavy atom. The Hall–Kier alpha value is -0.917. The smallest absolute Gasteiger partial charge is 0.310 e. The van der Waals surface area contributed by atoms with Crippen molar-refractivity contribution < 1.29 is 65.8 Å². The summed E-state index contributed by atoms with van der Waals surface area (Å²) in [5, 5.41) is 32.7. The van der Waals surface area contributed by atoms with Gasteiger partial charge in [0.25, 0.3) is 0 Å². The minimum atomic E-state index is -1.03. The fraction of sp³-hybridized carbons (Fsp3) is 0.818. The number of carbonyl (C=O) groups excluding carboxylic acids is 2. The monoisotopic (exact) mass is 526 g/mol. The molecule has 0 aromatic heterocycles. The Labute approximate surface area is 206 Å². The van der Waals surface area contributed by atoms with Crippen LogP contribution in [0.3, 0.4) is 0 Å². The van der Waals surface area contributed by atoms with Crippen LogP contribution >= 0.6 is 0 Å². The topological polar surface area (TPSA) is 149 Å². The van der Waals surface area contributed by atoms with E-state index in [-0.39, 0.29) is 74.7 Å². The number of ketones is 2. The van der Waals surface area contributed by atoms with Crippen LogP contribution in [0.25, 0.3) is 0 Å². The largest absolute Gasteiger partial charge is 0.481 e. The van der Waals surface area contributed by atoms with E-state index < -0.39 is 11.9 Å². The average molecular weight is 528 g/mol. The Morgan fingerprint density at radius 3 is 0.839 bits per heavy atom. The predicted octanol–water partition coefficient (Wildman–Crippen LogP) is 3.70. The van der Waals surface area contributed by atoms with Crippen molar-refractivity contribution in [1.82, 2.24) is 0 Å². The molecule has 0 bridgehead atoms. The summed E-state index contributed by atoms with van der Waals surface area (Å²) in [6.45, 7) is 14.5. The number of carboxylic acid groups (broad SMARTS) is 2. The van der Waals surface area contributed by atoms with E-state index in [0.29, 0.717) is 0 Å². The number of rotatable bonds is 10. The van der Waals surface area contributed by atoms with Gasteiger partial charge >= 0.3 is 11.9 Å². The zero-order valence-corrected chi connectivity index (χ0v) is 22.9. The predicted molar refractivity (Wildman–Crippen MR) is 117 cm³/mol. The summed E-state index contributed by atoms with van der Waals surface area (Å²) in [5.74, 6) is -2.48. The van der Waals surface area contributed by atoms with Crippen molar-refractivity contribution >= 4 is 23.5 Å². The molecule has 0 rings (SSSR count). The van der Waals surface area contributed by atoms with Crippen LogP contribution in [-0.4, -0.2) is 56.1 Å². The molecule has 0 amide bonds. The van der Waals surface area contributed by atoms with Gasteiger partial charge in [0.2, 0.25) is 0 Å². The Kier molecular flexibility index (Phi) is 35.4. The zero-order valence-electron chi connectivity index (χ0n) is 20.5. The molecule has 0 atom stereocenters. The number of aliphatic carboxylic acids is 2. The molecule has 0 saturated heterocycles. The number of carboxylic acids is 2. The van der Waals surface area contributed by atoms with Crippen LogP contribution < -0.4 is 0 Å². The van der Waals surface area contributed by atoms with Gasteiger partial charge < -0.3 is 20.4 Å². The maximum atomic E-state index is 11.0. The van der Waals surface area contributed by atoms with E-state index in [1.165, 1.54) is 0 Å². The molecule has 0 radical (unpaired) electrons. The van der Waals surface area contributed by atoms with Gasteiger partial charge in [0.05, 0.1) is 0 Å². The van der Waals surface area contributed by atoms with Crippen LogP contribution in [-0.2, 0) is 45.4 Å². The summed E-state index contributed by atoms with van der Waals surface area (Å²) >= 11 is 0. The van der Waals surface area contributed by atoms with Crippen LogP contribution in [0.4, 0.5) is 0 Å². The van der Waals surface area contributed by atoms with E-state index in [1.807, 2.05) is 27.7 Å². The standard InChI is InChI=1S/2C8H14O3.2C3H8O.Zr/c2*1-3-6(4-2)7(9)5-8(10)11;2*1-3(2)4;/h2*6H,3-5H2,1-2H3,(H,10,11);2*3-4H,1-2H3;. The van der Waals surface area contributed by atoms with Gasteiger partial charge in [-0.2, -0.15) is 0 Å². The summed E-state index contributed by atoms with van der Waals surface area (Å²) in [4.78, 5) is 42.3. The first-order chi connectivity index (χ1) is 13.7. The quantitative estimate of drug-likeness (QED) is 0.314. The van der Waals surface area contributed by atoms with Crippen molar-refractivity contribution in [2.75, 3.05) is 0 Å². The van der Waals surface area contributed by atoms with Crippen LogP contribution in [0.2, 0.25) is 0 Å². The van der Waals surface area contributed by atoms with E-state index in [0.717, 1.165) is 25.7 Å². The first-order valence-corrected chi connectivity index (χ1v) is 10.5. The maximum absolute atomic E-state index is 11.0. The second kappa shape index (κ2) is 27.1. The van der Waals surface area contributed by atoms with Crippen molar-refractivity contribution in [3.05, 3.63) is 0 Å². The van der Waals surface area contributed by atoms with E-state index >= 15 is 0 Å². The van der Waals surface area contributed by atoms with Gasteiger partial charge in [-0.3, -0.25) is 19.2 Å². The van der Waals surface area contributed by atoms with Crippen molar-refractivity contribution in [2.45, 2.75) is 106 Å². The zero-order chi connectivity index (χ0) is 24.9. The fourth-order valence-electron chi connectivity index (χ4n) is 2.07. The number of hydrogen-bond acceptors (Lipinski definition) is 6. The molecule has 0 unspecified atom stereocenters. The van der Waals surface area contributed by atoms with Gasteiger partial charge in [-0.05, 0) is 53.4 Å². The molecule has 9 heteroatoms. The molecule has 0 aromatic rings. The molecule has 184 valence electrons. The fourth-order valence-corrected chi connectivity index (χ4v) is 2.07. The second-order valence-electron chi connectivity index (χ2n) is 7.29. The number of Topliss-reactive ketones (excluding diaryl/α,β-unsaturated/α-hetero) is 2. The molecule has 0 fully saturated rings. The third-order valence-corrected chi connectivity index (χ3v) is 3.53. The first kappa shape index (κ1) is 40.4. The molecule has 0 aliphatic rings. The first-order valence-electron chi connectivity index (χ1n) is 10.5. The second-order valence-corrected chi connectivity index (χ2v) is 7.29. The molecule has 31 heavy (non-hydrogen) atoms. The molecule has 0 heterocycles. The van der Waals surface area contributed by atoms with Gasteiger partial charge in [0, 0.05) is 50.2 Å². The van der Waals surface area contributed by atoms with E-state index in [1.54, 1.807) is 27.7 Å². The van der Waals surface area contributed by atoms with Crippen molar-refractivity contribution in [3.8, 4) is 0 Å². The minimum absolute atomic E-state index is 0. The van der Waals surface area contributed by atoms with Crippen LogP contribution in [0.5, 0.6) is 0 Å². The molecule has 8 nitrogen and oxygen atoms in total. The Morgan fingerprint density at radius 1 is 0.581 bits per heavy atom.